The van der Waals surface area contributed by atoms with E-state index in [-0.39, 0.29) is 0 Å². The maximum Gasteiger partial charge on any atom is 0.407 e. The van der Waals surface area contributed by atoms with E-state index in [4.69, 9.17) is 15.6 Å². The highest BCUT2D eigenvalue weighted by atomic mass is 32.2. The van der Waals surface area contributed by atoms with Crippen molar-refractivity contribution in [2.45, 2.75) is 42.8 Å². The zero-order valence-corrected chi connectivity index (χ0v) is 16.3. The number of alkyl carbamates (subject to hydrolysis) is 1. The van der Waals surface area contributed by atoms with Gasteiger partial charge in [0.15, 0.2) is 0 Å². The first-order chi connectivity index (χ1) is 12.8. The molecule has 1 aromatic carbocycles. The van der Waals surface area contributed by atoms with E-state index in [0.29, 0.717) is 13.1 Å². The van der Waals surface area contributed by atoms with Crippen molar-refractivity contribution >= 4 is 34.4 Å². The molecular formula is C19H21N5O2S. The first-order valence-electron chi connectivity index (χ1n) is 8.72. The number of pyridine rings is 1. The molecule has 7 nitrogen and oxygen atoms in total. The first-order valence-corrected chi connectivity index (χ1v) is 9.54. The molecule has 0 aliphatic carbocycles. The number of nitrogens with two attached hydrogens (primary N) is 1. The highest BCUT2D eigenvalue weighted by Gasteiger charge is 2.26. The van der Waals surface area contributed by atoms with Crippen molar-refractivity contribution < 1.29 is 9.53 Å². The molecule has 3 N–H and O–H groups in total. The lowest BCUT2D eigenvalue weighted by Gasteiger charge is -2.19. The molecule has 0 saturated carbocycles. The molecule has 27 heavy (non-hydrogen) atoms. The molecule has 3 heterocycles. The van der Waals surface area contributed by atoms with Gasteiger partial charge in [-0.1, -0.05) is 11.8 Å². The lowest BCUT2D eigenvalue weighted by atomic mass is 10.1. The van der Waals surface area contributed by atoms with Crippen LogP contribution in [0.1, 0.15) is 20.8 Å². The normalized spacial score (nSPS) is 12.7. The van der Waals surface area contributed by atoms with Crippen LogP contribution >= 0.6 is 11.8 Å². The van der Waals surface area contributed by atoms with Crippen LogP contribution in [0.3, 0.4) is 0 Å². The van der Waals surface area contributed by atoms with Crippen LogP contribution < -0.4 is 11.1 Å². The highest BCUT2D eigenvalue weighted by molar-refractivity contribution is 7.99. The van der Waals surface area contributed by atoms with E-state index in [1.807, 2.05) is 49.7 Å². The van der Waals surface area contributed by atoms with E-state index in [1.165, 1.54) is 0 Å². The van der Waals surface area contributed by atoms with Crippen LogP contribution in [0, 0.1) is 0 Å². The lowest BCUT2D eigenvalue weighted by molar-refractivity contribution is 0.0526. The smallest absolute Gasteiger partial charge is 0.407 e. The Kier molecular flexibility index (Phi) is 4.22. The molecule has 4 rings (SSSR count). The Morgan fingerprint density at radius 2 is 2.15 bits per heavy atom. The summed E-state index contributed by atoms with van der Waals surface area (Å²) in [7, 11) is 0. The summed E-state index contributed by atoms with van der Waals surface area (Å²) < 4.78 is 7.17. The molecule has 140 valence electrons. The minimum absolute atomic E-state index is 0.415. The predicted octanol–water partition coefficient (Wildman–Crippen LogP) is 3.67. The second kappa shape index (κ2) is 6.45. The molecular weight excluding hydrogens is 362 g/mol. The molecule has 2 aromatic heterocycles. The number of hydrogen-bond donors (Lipinski definition) is 2. The molecule has 0 fully saturated rings. The molecule has 1 aliphatic rings. The van der Waals surface area contributed by atoms with Gasteiger partial charge in [0.25, 0.3) is 0 Å². The average Bonchev–Trinajstić information content (AvgIpc) is 2.96. The van der Waals surface area contributed by atoms with Crippen LogP contribution in [-0.4, -0.2) is 33.0 Å². The van der Waals surface area contributed by atoms with E-state index in [9.17, 15) is 4.79 Å². The number of nitrogen functional groups attached to an aromatic ring is 1. The third-order valence-corrected chi connectivity index (χ3v) is 5.28. The Hall–Kier alpha value is -2.74. The van der Waals surface area contributed by atoms with E-state index in [2.05, 4.69) is 10.3 Å². The maximum atomic E-state index is 11.9. The highest BCUT2D eigenvalue weighted by Crippen LogP contribution is 2.48. The molecule has 0 atom stereocenters. The summed E-state index contributed by atoms with van der Waals surface area (Å²) in [5, 5.41) is 9.51. The average molecular weight is 383 g/mol. The zero-order valence-electron chi connectivity index (χ0n) is 15.4. The summed E-state index contributed by atoms with van der Waals surface area (Å²) in [6.45, 7) is 6.45. The minimum atomic E-state index is -0.519. The van der Waals surface area contributed by atoms with Crippen molar-refractivity contribution in [2.24, 2.45) is 0 Å². The van der Waals surface area contributed by atoms with Gasteiger partial charge >= 0.3 is 6.09 Å². The molecule has 8 heteroatoms. The number of carbonyl (C=O) groups is 1. The number of fused-ring (bicyclic) bond motifs is 2. The second-order valence-corrected chi connectivity index (χ2v) is 8.34. The summed E-state index contributed by atoms with van der Waals surface area (Å²) in [6, 6.07) is 7.79. The molecule has 0 spiro atoms. The van der Waals surface area contributed by atoms with Gasteiger partial charge in [0.2, 0.25) is 0 Å². The van der Waals surface area contributed by atoms with Crippen molar-refractivity contribution in [3.05, 3.63) is 30.5 Å². The fourth-order valence-corrected chi connectivity index (χ4v) is 4.12. The first kappa shape index (κ1) is 17.7. The fraction of sp³-hybridized carbons (Fsp3) is 0.316. The van der Waals surface area contributed by atoms with Crippen LogP contribution in [-0.2, 0) is 11.3 Å². The maximum absolute atomic E-state index is 11.9. The molecule has 0 bridgehead atoms. The van der Waals surface area contributed by atoms with Gasteiger partial charge in [0, 0.05) is 34.3 Å². The van der Waals surface area contributed by atoms with Gasteiger partial charge in [-0.2, -0.15) is 5.10 Å². The molecule has 0 unspecified atom stereocenters. The molecule has 3 aromatic rings. The number of benzene rings is 1. The Bertz CT molecular complexity index is 1040. The zero-order chi connectivity index (χ0) is 19.2. The standard InChI is InChI=1S/C19H21N5O2S/c1-19(2,3)26-18(25)22-9-10-24-13-7-6-12(20)16-14(13)15(23-24)11-5-4-8-21-17(11)27-16/h4-8H,9-10,20H2,1-3H3,(H,22,25). The second-order valence-electron chi connectivity index (χ2n) is 7.34. The van der Waals surface area contributed by atoms with E-state index in [1.54, 1.807) is 18.0 Å². The van der Waals surface area contributed by atoms with Gasteiger partial charge < -0.3 is 15.8 Å². The number of anilines is 1. The summed E-state index contributed by atoms with van der Waals surface area (Å²) in [5.41, 5.74) is 9.28. The predicted molar refractivity (Wildman–Crippen MR) is 106 cm³/mol. The van der Waals surface area contributed by atoms with Gasteiger partial charge in [0.1, 0.15) is 16.3 Å². The number of nitrogens with one attached hydrogen (secondary N) is 1. The van der Waals surface area contributed by atoms with E-state index in [0.717, 1.165) is 37.8 Å². The number of nitrogens with zero attached hydrogens (tertiary/aromatic N) is 3. The van der Waals surface area contributed by atoms with Crippen molar-refractivity contribution in [3.8, 4) is 11.3 Å². The van der Waals surface area contributed by atoms with Gasteiger partial charge in [-0.05, 0) is 45.0 Å². The van der Waals surface area contributed by atoms with Crippen molar-refractivity contribution in [1.29, 1.82) is 0 Å². The van der Waals surface area contributed by atoms with E-state index < -0.39 is 11.7 Å². The van der Waals surface area contributed by atoms with Gasteiger partial charge in [0.05, 0.1) is 12.1 Å². The van der Waals surface area contributed by atoms with E-state index >= 15 is 0 Å². The molecule has 1 aliphatic heterocycles. The summed E-state index contributed by atoms with van der Waals surface area (Å²) in [4.78, 5) is 17.3. The van der Waals surface area contributed by atoms with Gasteiger partial charge in [-0.15, -0.1) is 0 Å². The Morgan fingerprint density at radius 3 is 2.93 bits per heavy atom. The van der Waals surface area contributed by atoms with Gasteiger partial charge in [-0.25, -0.2) is 9.78 Å². The molecule has 1 amide bonds. The Balaban J connectivity index is 1.63. The third kappa shape index (κ3) is 3.32. The Labute approximate surface area is 161 Å². The lowest BCUT2D eigenvalue weighted by Crippen LogP contribution is -2.34. The monoisotopic (exact) mass is 383 g/mol. The summed E-state index contributed by atoms with van der Waals surface area (Å²) in [6.07, 6.45) is 1.34. The van der Waals surface area contributed by atoms with Crippen molar-refractivity contribution in [3.63, 3.8) is 0 Å². The van der Waals surface area contributed by atoms with Gasteiger partial charge in [-0.3, -0.25) is 4.68 Å². The number of aromatic nitrogens is 3. The Morgan fingerprint density at radius 1 is 1.33 bits per heavy atom. The SMILES string of the molecule is CC(C)(C)OC(=O)NCCn1nc2c3c(c(N)ccc31)Sc1ncccc1-2. The quantitative estimate of drug-likeness (QED) is 0.524. The number of rotatable bonds is 3. The number of amides is 1. The van der Waals surface area contributed by atoms with Crippen LogP contribution in [0.5, 0.6) is 0 Å². The minimum Gasteiger partial charge on any atom is -0.444 e. The number of hydrogen-bond acceptors (Lipinski definition) is 6. The summed E-state index contributed by atoms with van der Waals surface area (Å²) >= 11 is 1.57. The molecule has 0 saturated heterocycles. The largest absolute Gasteiger partial charge is 0.444 e. The van der Waals surface area contributed by atoms with Crippen LogP contribution in [0.25, 0.3) is 22.2 Å². The van der Waals surface area contributed by atoms with Crippen LogP contribution in [0.15, 0.2) is 40.4 Å². The number of carbonyl (C=O) groups excluding carboxylic acids is 1. The van der Waals surface area contributed by atoms with Crippen LogP contribution in [0.4, 0.5) is 10.5 Å². The third-order valence-electron chi connectivity index (χ3n) is 4.12. The van der Waals surface area contributed by atoms with Crippen molar-refractivity contribution in [1.82, 2.24) is 20.1 Å². The number of ether oxygens (including phenoxy) is 1. The molecule has 0 radical (unpaired) electrons. The topological polar surface area (TPSA) is 95.1 Å². The fourth-order valence-electron chi connectivity index (χ4n) is 3.05. The van der Waals surface area contributed by atoms with Crippen LogP contribution in [0.2, 0.25) is 0 Å². The van der Waals surface area contributed by atoms with Crippen molar-refractivity contribution in [2.75, 3.05) is 12.3 Å². The summed E-state index contributed by atoms with van der Waals surface area (Å²) in [5.74, 6) is 0.